The molecule has 0 heterocycles. The first-order valence-corrected chi connectivity index (χ1v) is 4.77. The van der Waals surface area contributed by atoms with Crippen molar-refractivity contribution in [1.29, 1.82) is 0 Å². The van der Waals surface area contributed by atoms with Gasteiger partial charge in [-0.05, 0) is 12.1 Å². The van der Waals surface area contributed by atoms with Gasteiger partial charge in [-0.15, -0.1) is 0 Å². The molecule has 5 heteroatoms. The van der Waals surface area contributed by atoms with E-state index in [0.29, 0.717) is 0 Å². The quantitative estimate of drug-likeness (QED) is 0.564. The van der Waals surface area contributed by atoms with Crippen LogP contribution in [0.3, 0.4) is 0 Å². The summed E-state index contributed by atoms with van der Waals surface area (Å²) < 4.78 is 4.52. The Morgan fingerprint density at radius 3 is 2.36 bits per heavy atom. The molecular formula is C6H7O3PS. The van der Waals surface area contributed by atoms with Crippen molar-refractivity contribution in [2.24, 2.45) is 0 Å². The maximum Gasteiger partial charge on any atom is 0.339 e. The summed E-state index contributed by atoms with van der Waals surface area (Å²) in [5.74, 6) is 0. The summed E-state index contributed by atoms with van der Waals surface area (Å²) in [5.41, 5.74) is 0. The third kappa shape index (κ3) is 3.70. The maximum absolute atomic E-state index is 8.39. The fourth-order valence-electron chi connectivity index (χ4n) is 0.552. The zero-order valence-corrected chi connectivity index (χ0v) is 7.26. The molecule has 11 heavy (non-hydrogen) atoms. The van der Waals surface area contributed by atoms with Crippen molar-refractivity contribution >= 4 is 20.6 Å². The van der Waals surface area contributed by atoms with Crippen LogP contribution < -0.4 is 0 Å². The minimum atomic E-state index is -2.26. The third-order valence-electron chi connectivity index (χ3n) is 0.943. The van der Waals surface area contributed by atoms with Gasteiger partial charge in [0.05, 0.1) is 0 Å². The second kappa shape index (κ2) is 4.70. The van der Waals surface area contributed by atoms with Gasteiger partial charge < -0.3 is 9.79 Å². The molecule has 0 saturated heterocycles. The molecule has 0 unspecified atom stereocenters. The Labute approximate surface area is 70.2 Å². The molecule has 3 nitrogen and oxygen atoms in total. The number of rotatable bonds is 3. The van der Waals surface area contributed by atoms with Gasteiger partial charge >= 0.3 is 8.60 Å². The Morgan fingerprint density at radius 1 is 1.18 bits per heavy atom. The van der Waals surface area contributed by atoms with E-state index in [9.17, 15) is 0 Å². The lowest BCUT2D eigenvalue weighted by atomic mass is 10.4. The van der Waals surface area contributed by atoms with E-state index >= 15 is 0 Å². The average molecular weight is 190 g/mol. The topological polar surface area (TPSA) is 49.7 Å². The molecule has 0 bridgehead atoms. The van der Waals surface area contributed by atoms with Crippen LogP contribution in [0, 0.1) is 0 Å². The third-order valence-corrected chi connectivity index (χ3v) is 2.24. The highest BCUT2D eigenvalue weighted by atomic mass is 32.2. The summed E-state index contributed by atoms with van der Waals surface area (Å²) in [4.78, 5) is 17.6. The first-order valence-electron chi connectivity index (χ1n) is 2.86. The monoisotopic (exact) mass is 190 g/mol. The Bertz CT molecular complexity index is 204. The van der Waals surface area contributed by atoms with Gasteiger partial charge in [0.1, 0.15) is 0 Å². The average Bonchev–Trinajstić information content (AvgIpc) is 2.03. The van der Waals surface area contributed by atoms with Gasteiger partial charge in [0.25, 0.3) is 0 Å². The Morgan fingerprint density at radius 2 is 1.82 bits per heavy atom. The van der Waals surface area contributed by atoms with E-state index in [1.54, 1.807) is 0 Å². The van der Waals surface area contributed by atoms with Crippen molar-refractivity contribution < 1.29 is 13.8 Å². The van der Waals surface area contributed by atoms with Crippen LogP contribution in [0.1, 0.15) is 0 Å². The summed E-state index contributed by atoms with van der Waals surface area (Å²) in [6.45, 7) is 0. The Kier molecular flexibility index (Phi) is 3.83. The van der Waals surface area contributed by atoms with Gasteiger partial charge in [-0.2, -0.15) is 0 Å². The van der Waals surface area contributed by atoms with Crippen molar-refractivity contribution in [2.75, 3.05) is 0 Å². The smallest absolute Gasteiger partial charge is 0.327 e. The molecule has 60 valence electrons. The summed E-state index contributed by atoms with van der Waals surface area (Å²) in [7, 11) is -2.26. The number of benzene rings is 1. The molecule has 0 aliphatic carbocycles. The van der Waals surface area contributed by atoms with E-state index in [1.807, 2.05) is 30.3 Å². The van der Waals surface area contributed by atoms with E-state index in [4.69, 9.17) is 9.79 Å². The molecule has 1 aromatic carbocycles. The predicted octanol–water partition coefficient (Wildman–Crippen LogP) is 1.92. The van der Waals surface area contributed by atoms with Crippen LogP contribution in [-0.2, 0) is 3.97 Å². The lowest BCUT2D eigenvalue weighted by Crippen LogP contribution is -1.72. The second-order valence-corrected chi connectivity index (χ2v) is 3.46. The zero-order chi connectivity index (χ0) is 8.10. The largest absolute Gasteiger partial charge is 0.339 e. The highest BCUT2D eigenvalue weighted by Crippen LogP contribution is 2.35. The molecule has 0 atom stereocenters. The van der Waals surface area contributed by atoms with Crippen LogP contribution in [-0.4, -0.2) is 9.79 Å². The highest BCUT2D eigenvalue weighted by Gasteiger charge is 2.00. The van der Waals surface area contributed by atoms with Crippen molar-refractivity contribution in [3.8, 4) is 0 Å². The maximum atomic E-state index is 8.39. The fourth-order valence-corrected chi connectivity index (χ4v) is 1.43. The van der Waals surface area contributed by atoms with Gasteiger partial charge in [-0.1, -0.05) is 18.2 Å². The molecule has 0 fully saturated rings. The minimum Gasteiger partial charge on any atom is -0.327 e. The van der Waals surface area contributed by atoms with Crippen molar-refractivity contribution in [1.82, 2.24) is 0 Å². The van der Waals surface area contributed by atoms with E-state index in [0.717, 1.165) is 16.9 Å². The molecule has 0 aliphatic rings. The zero-order valence-electron chi connectivity index (χ0n) is 5.54. The first kappa shape index (κ1) is 8.97. The van der Waals surface area contributed by atoms with Crippen molar-refractivity contribution in [3.05, 3.63) is 30.3 Å². The predicted molar refractivity (Wildman–Crippen MR) is 44.7 cm³/mol. The molecule has 1 aromatic rings. The second-order valence-electron chi connectivity index (χ2n) is 1.72. The van der Waals surface area contributed by atoms with Crippen molar-refractivity contribution in [2.45, 2.75) is 4.90 Å². The fraction of sp³-hybridized carbons (Fsp3) is 0. The molecule has 2 N–H and O–H groups in total. The van der Waals surface area contributed by atoms with Gasteiger partial charge in [0, 0.05) is 16.9 Å². The SMILES string of the molecule is OP(O)OSc1ccccc1. The van der Waals surface area contributed by atoms with E-state index in [2.05, 4.69) is 3.97 Å². The number of hydrogen-bond donors (Lipinski definition) is 2. The highest BCUT2D eigenvalue weighted by molar-refractivity contribution is 7.97. The lowest BCUT2D eigenvalue weighted by molar-refractivity contribution is 0.397. The Balaban J connectivity index is 2.39. The standard InChI is InChI=1S/C6H7O3PS/c7-10(8)9-11-6-4-2-1-3-5-6/h1-5,7-8H. The van der Waals surface area contributed by atoms with Gasteiger partial charge in [0.2, 0.25) is 0 Å². The molecule has 0 spiro atoms. The minimum absolute atomic E-state index is 0.850. The summed E-state index contributed by atoms with van der Waals surface area (Å²) in [6, 6.07) is 9.23. The first-order chi connectivity index (χ1) is 5.29. The van der Waals surface area contributed by atoms with Gasteiger partial charge in [0.15, 0.2) is 0 Å². The van der Waals surface area contributed by atoms with Crippen LogP contribution in [0.25, 0.3) is 0 Å². The molecule has 0 saturated carbocycles. The summed E-state index contributed by atoms with van der Waals surface area (Å²) in [5, 5.41) is 0. The van der Waals surface area contributed by atoms with Gasteiger partial charge in [-0.25, -0.2) is 3.97 Å². The summed E-state index contributed by atoms with van der Waals surface area (Å²) >= 11 is 0.957. The van der Waals surface area contributed by atoms with Crippen LogP contribution >= 0.6 is 20.6 Å². The summed E-state index contributed by atoms with van der Waals surface area (Å²) in [6.07, 6.45) is 0. The van der Waals surface area contributed by atoms with E-state index in [1.165, 1.54) is 0 Å². The van der Waals surface area contributed by atoms with Crippen LogP contribution in [0.2, 0.25) is 0 Å². The van der Waals surface area contributed by atoms with Crippen LogP contribution in [0.5, 0.6) is 0 Å². The van der Waals surface area contributed by atoms with E-state index < -0.39 is 8.60 Å². The van der Waals surface area contributed by atoms with Crippen LogP contribution in [0.4, 0.5) is 0 Å². The molecule has 0 radical (unpaired) electrons. The van der Waals surface area contributed by atoms with Crippen molar-refractivity contribution in [3.63, 3.8) is 0 Å². The number of hydrogen-bond acceptors (Lipinski definition) is 4. The molecule has 0 aromatic heterocycles. The van der Waals surface area contributed by atoms with E-state index in [-0.39, 0.29) is 0 Å². The molecule has 0 aliphatic heterocycles. The molecule has 0 amide bonds. The van der Waals surface area contributed by atoms with Gasteiger partial charge in [-0.3, -0.25) is 0 Å². The molecule has 1 rings (SSSR count). The lowest BCUT2D eigenvalue weighted by Gasteiger charge is -2.00. The van der Waals surface area contributed by atoms with Crippen LogP contribution in [0.15, 0.2) is 35.2 Å². The normalized spacial score (nSPS) is 10.5. The molecular weight excluding hydrogens is 183 g/mol. The Hall–Kier alpha value is -0.120.